The molecule has 2 heteroatoms. The third-order valence-corrected chi connectivity index (χ3v) is 4.50. The van der Waals surface area contributed by atoms with Crippen molar-refractivity contribution in [1.82, 2.24) is 0 Å². The molecule has 1 nitrogen and oxygen atoms in total. The molecular weight excluding hydrogens is 190 g/mol. The maximum Gasteiger partial charge on any atom is 0.242 e. The van der Waals surface area contributed by atoms with Crippen LogP contribution in [0.25, 0.3) is 0 Å². The van der Waals surface area contributed by atoms with Crippen molar-refractivity contribution in [2.75, 3.05) is 12.3 Å². The van der Waals surface area contributed by atoms with Crippen LogP contribution in [0.3, 0.4) is 0 Å². The molecule has 1 aromatic rings. The van der Waals surface area contributed by atoms with Gasteiger partial charge in [0.1, 0.15) is 6.54 Å². The fourth-order valence-corrected chi connectivity index (χ4v) is 3.69. The van der Waals surface area contributed by atoms with Crippen molar-refractivity contribution in [2.24, 2.45) is 0 Å². The number of benzene rings is 1. The fraction of sp³-hybridized carbons (Fsp3) is 0.417. The van der Waals surface area contributed by atoms with Gasteiger partial charge in [0.2, 0.25) is 5.04 Å². The first-order valence-corrected chi connectivity index (χ1v) is 6.19. The third-order valence-electron chi connectivity index (χ3n) is 3.12. The van der Waals surface area contributed by atoms with E-state index in [1.165, 1.54) is 34.9 Å². The van der Waals surface area contributed by atoms with Crippen molar-refractivity contribution in [3.05, 3.63) is 35.4 Å². The highest BCUT2D eigenvalue weighted by molar-refractivity contribution is 8.14. The number of hydrogen-bond acceptors (Lipinski definition) is 1. The van der Waals surface area contributed by atoms with Gasteiger partial charge in [-0.25, -0.2) is 4.58 Å². The van der Waals surface area contributed by atoms with Gasteiger partial charge in [-0.3, -0.25) is 0 Å². The van der Waals surface area contributed by atoms with E-state index < -0.39 is 0 Å². The molecule has 0 aromatic heterocycles. The molecule has 2 aliphatic rings. The Morgan fingerprint density at radius 1 is 1.36 bits per heavy atom. The molecule has 0 aliphatic carbocycles. The highest BCUT2D eigenvalue weighted by Gasteiger charge is 2.35. The molecule has 1 atom stereocenters. The molecule has 14 heavy (non-hydrogen) atoms. The summed E-state index contributed by atoms with van der Waals surface area (Å²) in [4.78, 5) is 0. The summed E-state index contributed by atoms with van der Waals surface area (Å²) in [6.07, 6.45) is 1.21. The quantitative estimate of drug-likeness (QED) is 0.585. The number of thioether (sulfide) groups is 1. The van der Waals surface area contributed by atoms with E-state index in [-0.39, 0.29) is 0 Å². The molecule has 0 amide bonds. The predicted octanol–water partition coefficient (Wildman–Crippen LogP) is 2.14. The first kappa shape index (κ1) is 8.54. The molecule has 0 saturated heterocycles. The lowest BCUT2D eigenvalue weighted by Gasteiger charge is -2.14. The summed E-state index contributed by atoms with van der Waals surface area (Å²) in [5.41, 5.74) is 3.01. The Morgan fingerprint density at radius 3 is 3.14 bits per heavy atom. The summed E-state index contributed by atoms with van der Waals surface area (Å²) >= 11 is 2.02. The van der Waals surface area contributed by atoms with Crippen LogP contribution in [0.5, 0.6) is 0 Å². The minimum atomic E-state index is 0.725. The van der Waals surface area contributed by atoms with Gasteiger partial charge in [0.25, 0.3) is 0 Å². The van der Waals surface area contributed by atoms with Crippen LogP contribution in [-0.2, 0) is 6.42 Å². The van der Waals surface area contributed by atoms with Gasteiger partial charge in [-0.1, -0.05) is 30.0 Å². The van der Waals surface area contributed by atoms with E-state index >= 15 is 0 Å². The lowest BCUT2D eigenvalue weighted by atomic mass is 10.0. The lowest BCUT2D eigenvalue weighted by molar-refractivity contribution is -0.552. The summed E-state index contributed by atoms with van der Waals surface area (Å²) in [7, 11) is 0. The topological polar surface area (TPSA) is 3.01 Å². The third kappa shape index (κ3) is 1.13. The maximum atomic E-state index is 2.56. The van der Waals surface area contributed by atoms with Crippen molar-refractivity contribution in [2.45, 2.75) is 19.4 Å². The highest BCUT2D eigenvalue weighted by atomic mass is 32.2. The minimum Gasteiger partial charge on any atom is -0.220 e. The van der Waals surface area contributed by atoms with Crippen molar-refractivity contribution in [3.8, 4) is 0 Å². The normalized spacial score (nSPS) is 24.8. The molecule has 2 heterocycles. The van der Waals surface area contributed by atoms with E-state index in [1.807, 2.05) is 11.8 Å². The van der Waals surface area contributed by atoms with Crippen molar-refractivity contribution in [3.63, 3.8) is 0 Å². The van der Waals surface area contributed by atoms with E-state index in [9.17, 15) is 0 Å². The number of hydrogen-bond donors (Lipinski definition) is 0. The molecule has 0 radical (unpaired) electrons. The summed E-state index contributed by atoms with van der Waals surface area (Å²) in [5, 5.41) is 1.51. The Labute approximate surface area is 88.8 Å². The largest absolute Gasteiger partial charge is 0.242 e. The molecular formula is C12H14NS+. The highest BCUT2D eigenvalue weighted by Crippen LogP contribution is 2.28. The lowest BCUT2D eigenvalue weighted by Crippen LogP contribution is -2.29. The second kappa shape index (κ2) is 3.13. The Bertz CT molecular complexity index is 409. The van der Waals surface area contributed by atoms with Gasteiger partial charge < -0.3 is 0 Å². The summed E-state index contributed by atoms with van der Waals surface area (Å²) in [6, 6.07) is 9.56. The zero-order valence-corrected chi connectivity index (χ0v) is 9.18. The molecule has 0 fully saturated rings. The van der Waals surface area contributed by atoms with E-state index in [0.717, 1.165) is 6.04 Å². The molecule has 1 aromatic carbocycles. The van der Waals surface area contributed by atoms with Crippen LogP contribution in [0.1, 0.15) is 18.1 Å². The van der Waals surface area contributed by atoms with Crippen LogP contribution < -0.4 is 0 Å². The van der Waals surface area contributed by atoms with Crippen LogP contribution in [-0.4, -0.2) is 28.0 Å². The van der Waals surface area contributed by atoms with Crippen LogP contribution in [0.15, 0.2) is 24.3 Å². The van der Waals surface area contributed by atoms with Gasteiger partial charge in [-0.2, -0.15) is 0 Å². The van der Waals surface area contributed by atoms with Gasteiger partial charge in [0.05, 0.1) is 11.3 Å². The van der Waals surface area contributed by atoms with Gasteiger partial charge in [-0.15, -0.1) is 0 Å². The molecule has 0 bridgehead atoms. The first-order valence-electron chi connectivity index (χ1n) is 5.21. The average molecular weight is 204 g/mol. The van der Waals surface area contributed by atoms with E-state index in [2.05, 4.69) is 35.8 Å². The van der Waals surface area contributed by atoms with Crippen LogP contribution >= 0.6 is 11.8 Å². The van der Waals surface area contributed by atoms with Crippen LogP contribution in [0, 0.1) is 0 Å². The predicted molar refractivity (Wildman–Crippen MR) is 61.3 cm³/mol. The molecule has 0 spiro atoms. The molecule has 0 saturated carbocycles. The van der Waals surface area contributed by atoms with Crippen LogP contribution in [0.2, 0.25) is 0 Å². The monoisotopic (exact) mass is 204 g/mol. The van der Waals surface area contributed by atoms with Crippen molar-refractivity contribution >= 4 is 16.8 Å². The van der Waals surface area contributed by atoms with Gasteiger partial charge in [0, 0.05) is 6.42 Å². The van der Waals surface area contributed by atoms with E-state index in [4.69, 9.17) is 0 Å². The van der Waals surface area contributed by atoms with E-state index in [0.29, 0.717) is 0 Å². The Balaban J connectivity index is 2.16. The molecule has 1 unspecified atom stereocenters. The van der Waals surface area contributed by atoms with Crippen molar-refractivity contribution in [1.29, 1.82) is 0 Å². The number of nitrogens with zero attached hydrogens (tertiary/aromatic N) is 1. The van der Waals surface area contributed by atoms with Gasteiger partial charge in [-0.05, 0) is 18.6 Å². The minimum absolute atomic E-state index is 0.725. The fourth-order valence-electron chi connectivity index (χ4n) is 2.31. The Kier molecular flexibility index (Phi) is 1.91. The molecule has 3 rings (SSSR count). The van der Waals surface area contributed by atoms with Gasteiger partial charge >= 0.3 is 0 Å². The molecule has 72 valence electrons. The number of rotatable bonds is 0. The molecule has 2 aliphatic heterocycles. The van der Waals surface area contributed by atoms with E-state index in [1.54, 1.807) is 0 Å². The summed E-state index contributed by atoms with van der Waals surface area (Å²) in [5.74, 6) is 1.25. The van der Waals surface area contributed by atoms with Crippen molar-refractivity contribution < 1.29 is 4.58 Å². The van der Waals surface area contributed by atoms with Crippen LogP contribution in [0.4, 0.5) is 0 Å². The molecule has 0 N–H and O–H groups in total. The maximum absolute atomic E-state index is 2.56. The SMILES string of the molecule is CC1CSC2=[N+]1CCc1ccccc12. The zero-order valence-electron chi connectivity index (χ0n) is 8.36. The summed E-state index contributed by atoms with van der Waals surface area (Å²) < 4.78 is 2.56. The standard InChI is InChI=1S/C12H14NS/c1-9-8-14-12-11-5-3-2-4-10(11)6-7-13(9)12/h2-5,9H,6-8H2,1H3/q+1. The average Bonchev–Trinajstić information content (AvgIpc) is 2.61. The number of fused-ring (bicyclic) bond motifs is 2. The smallest absolute Gasteiger partial charge is 0.220 e. The Hall–Kier alpha value is -0.760. The second-order valence-corrected chi connectivity index (χ2v) is 5.07. The summed E-state index contributed by atoms with van der Waals surface area (Å²) in [6.45, 7) is 3.54. The Morgan fingerprint density at radius 2 is 2.21 bits per heavy atom. The second-order valence-electron chi connectivity index (χ2n) is 4.07. The first-order chi connectivity index (χ1) is 6.86. The van der Waals surface area contributed by atoms with Gasteiger partial charge in [0.15, 0.2) is 6.04 Å². The zero-order chi connectivity index (χ0) is 9.54.